The van der Waals surface area contributed by atoms with Crippen LogP contribution in [0.3, 0.4) is 0 Å². The number of aliphatic imine (C=N–C) groups is 1. The van der Waals surface area contributed by atoms with E-state index in [1.807, 2.05) is 0 Å². The van der Waals surface area contributed by atoms with Crippen molar-refractivity contribution < 1.29 is 9.59 Å². The number of nitrogens with one attached hydrogen (secondary N) is 1. The molecule has 2 saturated heterocycles. The van der Waals surface area contributed by atoms with Gasteiger partial charge >= 0.3 is 0 Å². The van der Waals surface area contributed by atoms with Gasteiger partial charge in [-0.05, 0) is 19.3 Å². The van der Waals surface area contributed by atoms with E-state index in [1.54, 1.807) is 16.7 Å². The quantitative estimate of drug-likeness (QED) is 0.267. The molecule has 0 aliphatic carbocycles. The van der Waals surface area contributed by atoms with Gasteiger partial charge in [0.25, 0.3) is 0 Å². The van der Waals surface area contributed by atoms with Crippen LogP contribution in [-0.2, 0) is 9.59 Å². The van der Waals surface area contributed by atoms with Crippen molar-refractivity contribution in [2.45, 2.75) is 36.7 Å². The molecule has 0 unspecified atom stereocenters. The molecular weight excluding hydrogens is 292 g/mol. The Morgan fingerprint density at radius 3 is 2.90 bits per heavy atom. The first-order chi connectivity index (χ1) is 10.0. The molecule has 7 N–H and O–H groups in total. The average molecular weight is 314 g/mol. The summed E-state index contributed by atoms with van der Waals surface area (Å²) in [4.78, 5) is 29.8. The average Bonchev–Trinajstić information content (AvgIpc) is 2.86. The predicted molar refractivity (Wildman–Crippen MR) is 82.4 cm³/mol. The molecule has 118 valence electrons. The maximum Gasteiger partial charge on any atom is 0.243 e. The monoisotopic (exact) mass is 314 g/mol. The van der Waals surface area contributed by atoms with Gasteiger partial charge in [0, 0.05) is 18.8 Å². The van der Waals surface area contributed by atoms with Crippen LogP contribution >= 0.6 is 11.8 Å². The Morgan fingerprint density at radius 1 is 1.43 bits per heavy atom. The van der Waals surface area contributed by atoms with Crippen molar-refractivity contribution in [3.63, 3.8) is 0 Å². The van der Waals surface area contributed by atoms with Crippen LogP contribution in [0.2, 0.25) is 0 Å². The summed E-state index contributed by atoms with van der Waals surface area (Å²) in [6.45, 7) is 0.952. The number of amides is 2. The first-order valence-corrected chi connectivity index (χ1v) is 8.08. The maximum atomic E-state index is 12.2. The number of rotatable bonds is 5. The van der Waals surface area contributed by atoms with E-state index in [9.17, 15) is 9.59 Å². The van der Waals surface area contributed by atoms with Gasteiger partial charge in [0.1, 0.15) is 6.04 Å². The molecule has 3 atom stereocenters. The molecule has 21 heavy (non-hydrogen) atoms. The maximum absolute atomic E-state index is 12.2. The number of nitrogens with two attached hydrogens (primary N) is 3. The summed E-state index contributed by atoms with van der Waals surface area (Å²) in [6.07, 6.45) is 2.20. The molecule has 0 aromatic carbocycles. The summed E-state index contributed by atoms with van der Waals surface area (Å²) in [5.74, 6) is 0.432. The fourth-order valence-corrected chi connectivity index (χ4v) is 3.97. The van der Waals surface area contributed by atoms with Gasteiger partial charge in [0.15, 0.2) is 5.96 Å². The number of nitrogens with zero attached hydrogens (tertiary/aromatic N) is 2. The van der Waals surface area contributed by atoms with Gasteiger partial charge in [0.05, 0.1) is 11.4 Å². The van der Waals surface area contributed by atoms with E-state index in [4.69, 9.17) is 17.2 Å². The van der Waals surface area contributed by atoms with E-state index in [-0.39, 0.29) is 23.1 Å². The summed E-state index contributed by atoms with van der Waals surface area (Å²) < 4.78 is 0. The van der Waals surface area contributed by atoms with Crippen molar-refractivity contribution in [1.82, 2.24) is 10.2 Å². The fraction of sp³-hybridized carbons (Fsp3) is 0.750. The molecule has 0 bridgehead atoms. The number of thioether (sulfide) groups is 1. The van der Waals surface area contributed by atoms with Crippen LogP contribution in [0, 0.1) is 0 Å². The Kier molecular flexibility index (Phi) is 5.29. The van der Waals surface area contributed by atoms with E-state index in [0.717, 1.165) is 6.42 Å². The molecule has 0 aromatic heterocycles. The van der Waals surface area contributed by atoms with Crippen LogP contribution in [0.1, 0.15) is 19.3 Å². The Hall–Kier alpha value is -1.48. The number of carbonyl (C=O) groups excluding carboxylic acids is 2. The summed E-state index contributed by atoms with van der Waals surface area (Å²) in [5.41, 5.74) is 16.2. The van der Waals surface area contributed by atoms with E-state index in [0.29, 0.717) is 31.7 Å². The third-order valence-electron chi connectivity index (χ3n) is 3.62. The third kappa shape index (κ3) is 3.79. The smallest absolute Gasteiger partial charge is 0.243 e. The lowest BCUT2D eigenvalue weighted by Crippen LogP contribution is -2.57. The highest BCUT2D eigenvalue weighted by Crippen LogP contribution is 2.36. The molecule has 0 spiro atoms. The summed E-state index contributed by atoms with van der Waals surface area (Å²) >= 11 is 1.65. The second-order valence-electron chi connectivity index (χ2n) is 5.18. The zero-order valence-electron chi connectivity index (χ0n) is 11.8. The van der Waals surface area contributed by atoms with Crippen molar-refractivity contribution in [3.8, 4) is 0 Å². The number of piperidine rings is 1. The molecule has 9 heteroatoms. The highest BCUT2D eigenvalue weighted by molar-refractivity contribution is 8.00. The number of hydrogen-bond acceptors (Lipinski definition) is 5. The van der Waals surface area contributed by atoms with Crippen molar-refractivity contribution >= 4 is 29.5 Å². The van der Waals surface area contributed by atoms with Crippen LogP contribution in [-0.4, -0.2) is 59.0 Å². The highest BCUT2D eigenvalue weighted by Gasteiger charge is 2.45. The third-order valence-corrected chi connectivity index (χ3v) is 4.98. The lowest BCUT2D eigenvalue weighted by molar-refractivity contribution is -0.142. The summed E-state index contributed by atoms with van der Waals surface area (Å²) in [7, 11) is 0. The van der Waals surface area contributed by atoms with Crippen LogP contribution in [0.25, 0.3) is 0 Å². The number of carbonyl (C=O) groups is 2. The molecule has 0 saturated carbocycles. The van der Waals surface area contributed by atoms with Crippen molar-refractivity contribution in [2.75, 3.05) is 18.8 Å². The second-order valence-corrected chi connectivity index (χ2v) is 6.40. The lowest BCUT2D eigenvalue weighted by Gasteiger charge is -2.35. The largest absolute Gasteiger partial charge is 0.370 e. The minimum absolute atomic E-state index is 0.0456. The Labute approximate surface area is 127 Å². The minimum atomic E-state index is -0.475. The first-order valence-electron chi connectivity index (χ1n) is 7.03. The number of hydrogen-bond donors (Lipinski definition) is 4. The molecule has 8 nitrogen and oxygen atoms in total. The second kappa shape index (κ2) is 6.99. The molecule has 2 heterocycles. The van der Waals surface area contributed by atoms with Crippen LogP contribution in [0.5, 0.6) is 0 Å². The molecule has 2 fully saturated rings. The molecule has 0 radical (unpaired) electrons. The molecular formula is C12H22N6O2S. The predicted octanol–water partition coefficient (Wildman–Crippen LogP) is -1.84. The number of guanidine groups is 1. The molecule has 0 aromatic rings. The van der Waals surface area contributed by atoms with Crippen molar-refractivity contribution in [2.24, 2.45) is 22.2 Å². The van der Waals surface area contributed by atoms with E-state index in [1.165, 1.54) is 0 Å². The Balaban J connectivity index is 1.82. The number of fused-ring (bicyclic) bond motifs is 1. The topological polar surface area (TPSA) is 140 Å². The van der Waals surface area contributed by atoms with Gasteiger partial charge in [-0.15, -0.1) is 11.8 Å². The normalized spacial score (nSPS) is 28.1. The highest BCUT2D eigenvalue weighted by atomic mass is 32.2. The van der Waals surface area contributed by atoms with Gasteiger partial charge in [0.2, 0.25) is 11.8 Å². The zero-order chi connectivity index (χ0) is 15.4. The van der Waals surface area contributed by atoms with E-state index < -0.39 is 12.1 Å². The minimum Gasteiger partial charge on any atom is -0.370 e. The van der Waals surface area contributed by atoms with Gasteiger partial charge in [-0.25, -0.2) is 0 Å². The molecule has 2 aliphatic rings. The zero-order valence-corrected chi connectivity index (χ0v) is 12.6. The molecule has 2 aliphatic heterocycles. The first kappa shape index (κ1) is 15.9. The SMILES string of the molecule is NC(N)=NCCCNC(=O)[C@@H]1CS[C@H]2CC[C@@H](N)C(=O)N21. The summed E-state index contributed by atoms with van der Waals surface area (Å²) in [6, 6.07) is -0.890. The Bertz CT molecular complexity index is 439. The van der Waals surface area contributed by atoms with E-state index >= 15 is 0 Å². The van der Waals surface area contributed by atoms with Crippen LogP contribution < -0.4 is 22.5 Å². The fourth-order valence-electron chi connectivity index (χ4n) is 2.54. The van der Waals surface area contributed by atoms with Gasteiger partial charge in [-0.2, -0.15) is 0 Å². The summed E-state index contributed by atoms with van der Waals surface area (Å²) in [5, 5.41) is 2.92. The van der Waals surface area contributed by atoms with Gasteiger partial charge in [-0.3, -0.25) is 14.6 Å². The van der Waals surface area contributed by atoms with Crippen LogP contribution in [0.15, 0.2) is 4.99 Å². The van der Waals surface area contributed by atoms with E-state index in [2.05, 4.69) is 10.3 Å². The molecule has 2 amide bonds. The van der Waals surface area contributed by atoms with Crippen molar-refractivity contribution in [1.29, 1.82) is 0 Å². The molecule has 2 rings (SSSR count). The van der Waals surface area contributed by atoms with Gasteiger partial charge < -0.3 is 27.4 Å². The van der Waals surface area contributed by atoms with Gasteiger partial charge in [-0.1, -0.05) is 0 Å². The standard InChI is InChI=1S/C12H22N6O2S/c13-7-2-3-9-18(11(7)20)8(6-21-9)10(19)16-4-1-5-17-12(14)15/h7-9H,1-6,13H2,(H,16,19)(H4,14,15,17)/t7-,8+,9+/m1/s1. The Morgan fingerprint density at radius 2 is 2.19 bits per heavy atom. The van der Waals surface area contributed by atoms with Crippen molar-refractivity contribution in [3.05, 3.63) is 0 Å². The lowest BCUT2D eigenvalue weighted by atomic mass is 10.0. The van der Waals surface area contributed by atoms with Crippen LogP contribution in [0.4, 0.5) is 0 Å².